The molecule has 8 heteroatoms. The molecule has 1 amide bonds. The molecule has 0 saturated carbocycles. The SMILES string of the molecule is Cc1cc(C(=O)N2CCN(CC(=O)c3cc(C)n(CCc4cccs4)c3C)CC2)on1. The highest BCUT2D eigenvalue weighted by molar-refractivity contribution is 7.09. The molecule has 3 aromatic rings. The summed E-state index contributed by atoms with van der Waals surface area (Å²) in [6.07, 6.45) is 0.975. The third-order valence-electron chi connectivity index (χ3n) is 5.90. The van der Waals surface area contributed by atoms with Gasteiger partial charge >= 0.3 is 0 Å². The summed E-state index contributed by atoms with van der Waals surface area (Å²) in [5.41, 5.74) is 3.66. The Balaban J connectivity index is 1.33. The largest absolute Gasteiger partial charge is 0.351 e. The van der Waals surface area contributed by atoms with Crippen LogP contribution in [-0.4, -0.2) is 63.9 Å². The number of Topliss-reactive ketones (excluding diaryl/α,β-unsaturated/α-hetero) is 1. The van der Waals surface area contributed by atoms with Crippen LogP contribution in [0.15, 0.2) is 34.2 Å². The number of aryl methyl sites for hydroxylation is 3. The average molecular weight is 441 g/mol. The molecule has 7 nitrogen and oxygen atoms in total. The molecule has 1 fully saturated rings. The Morgan fingerprint density at radius 1 is 1.13 bits per heavy atom. The number of nitrogens with zero attached hydrogens (tertiary/aromatic N) is 4. The van der Waals surface area contributed by atoms with E-state index in [4.69, 9.17) is 4.52 Å². The zero-order chi connectivity index (χ0) is 22.0. The molecule has 0 aromatic carbocycles. The van der Waals surface area contributed by atoms with Crippen molar-refractivity contribution in [2.24, 2.45) is 0 Å². The molecule has 1 aliphatic heterocycles. The molecule has 4 heterocycles. The van der Waals surface area contributed by atoms with Gasteiger partial charge in [-0.05, 0) is 44.7 Å². The zero-order valence-corrected chi connectivity index (χ0v) is 19.1. The molecule has 164 valence electrons. The van der Waals surface area contributed by atoms with E-state index in [-0.39, 0.29) is 17.5 Å². The Hall–Kier alpha value is -2.71. The number of carbonyl (C=O) groups is 2. The van der Waals surface area contributed by atoms with Crippen LogP contribution in [0.3, 0.4) is 0 Å². The number of amides is 1. The highest BCUT2D eigenvalue weighted by atomic mass is 32.1. The van der Waals surface area contributed by atoms with Gasteiger partial charge < -0.3 is 14.0 Å². The highest BCUT2D eigenvalue weighted by Gasteiger charge is 2.26. The molecule has 3 aromatic heterocycles. The Bertz CT molecular complexity index is 1060. The molecule has 0 unspecified atom stereocenters. The summed E-state index contributed by atoms with van der Waals surface area (Å²) in [7, 11) is 0. The first-order valence-electron chi connectivity index (χ1n) is 10.6. The van der Waals surface area contributed by atoms with Gasteiger partial charge in [-0.25, -0.2) is 0 Å². The van der Waals surface area contributed by atoms with Crippen molar-refractivity contribution in [1.82, 2.24) is 19.5 Å². The van der Waals surface area contributed by atoms with Gasteiger partial charge in [-0.1, -0.05) is 11.2 Å². The number of carbonyl (C=O) groups excluding carboxylic acids is 2. The molecule has 31 heavy (non-hydrogen) atoms. The van der Waals surface area contributed by atoms with Gasteiger partial charge in [0, 0.05) is 60.6 Å². The van der Waals surface area contributed by atoms with Crippen LogP contribution in [0.4, 0.5) is 0 Å². The predicted molar refractivity (Wildman–Crippen MR) is 120 cm³/mol. The third-order valence-corrected chi connectivity index (χ3v) is 6.84. The number of aromatic nitrogens is 2. The van der Waals surface area contributed by atoms with Crippen molar-refractivity contribution in [2.75, 3.05) is 32.7 Å². The molecule has 1 saturated heterocycles. The van der Waals surface area contributed by atoms with Crippen molar-refractivity contribution in [3.63, 3.8) is 0 Å². The number of thiophene rings is 1. The molecule has 0 atom stereocenters. The lowest BCUT2D eigenvalue weighted by atomic mass is 10.1. The van der Waals surface area contributed by atoms with Crippen molar-refractivity contribution >= 4 is 23.0 Å². The minimum absolute atomic E-state index is 0.138. The van der Waals surface area contributed by atoms with Crippen molar-refractivity contribution in [1.29, 1.82) is 0 Å². The highest BCUT2D eigenvalue weighted by Crippen LogP contribution is 2.19. The van der Waals surface area contributed by atoms with Crippen molar-refractivity contribution < 1.29 is 14.1 Å². The lowest BCUT2D eigenvalue weighted by molar-refractivity contribution is 0.0587. The van der Waals surface area contributed by atoms with E-state index in [1.54, 1.807) is 29.2 Å². The Morgan fingerprint density at radius 2 is 1.90 bits per heavy atom. The van der Waals surface area contributed by atoms with E-state index in [2.05, 4.69) is 39.1 Å². The first-order valence-corrected chi connectivity index (χ1v) is 11.5. The Kier molecular flexibility index (Phi) is 6.38. The normalized spacial score (nSPS) is 14.9. The molecule has 0 bridgehead atoms. The van der Waals surface area contributed by atoms with E-state index < -0.39 is 0 Å². The summed E-state index contributed by atoms with van der Waals surface area (Å²) < 4.78 is 7.33. The molecular weight excluding hydrogens is 412 g/mol. The average Bonchev–Trinajstić information content (AvgIpc) is 3.48. The molecule has 0 spiro atoms. The van der Waals surface area contributed by atoms with E-state index >= 15 is 0 Å². The van der Waals surface area contributed by atoms with Crippen LogP contribution < -0.4 is 0 Å². The number of hydrogen-bond acceptors (Lipinski definition) is 6. The molecule has 0 aliphatic carbocycles. The first-order chi connectivity index (χ1) is 14.9. The second kappa shape index (κ2) is 9.20. The quantitative estimate of drug-likeness (QED) is 0.527. The van der Waals surface area contributed by atoms with Gasteiger partial charge in [0.15, 0.2) is 5.78 Å². The molecule has 0 N–H and O–H groups in total. The Labute approximate surface area is 186 Å². The summed E-state index contributed by atoms with van der Waals surface area (Å²) in [5, 5.41) is 5.88. The van der Waals surface area contributed by atoms with Crippen molar-refractivity contribution in [3.05, 3.63) is 62.9 Å². The van der Waals surface area contributed by atoms with Gasteiger partial charge in [0.2, 0.25) is 5.76 Å². The van der Waals surface area contributed by atoms with Crippen molar-refractivity contribution in [2.45, 2.75) is 33.7 Å². The van der Waals surface area contributed by atoms with E-state index in [0.717, 1.165) is 29.9 Å². The predicted octanol–water partition coefficient (Wildman–Crippen LogP) is 3.35. The van der Waals surface area contributed by atoms with Crippen molar-refractivity contribution in [3.8, 4) is 0 Å². The van der Waals surface area contributed by atoms with Crippen LogP contribution >= 0.6 is 11.3 Å². The maximum Gasteiger partial charge on any atom is 0.292 e. The van der Waals surface area contributed by atoms with Gasteiger partial charge in [-0.15, -0.1) is 11.3 Å². The van der Waals surface area contributed by atoms with Gasteiger partial charge in [0.05, 0.1) is 12.2 Å². The minimum Gasteiger partial charge on any atom is -0.351 e. The van der Waals surface area contributed by atoms with E-state index in [9.17, 15) is 9.59 Å². The maximum atomic E-state index is 13.0. The molecule has 4 rings (SSSR count). The van der Waals surface area contributed by atoms with Gasteiger partial charge in [-0.3, -0.25) is 14.5 Å². The summed E-state index contributed by atoms with van der Waals surface area (Å²) in [4.78, 5) is 30.8. The fraction of sp³-hybridized carbons (Fsp3) is 0.435. The van der Waals surface area contributed by atoms with Crippen LogP contribution in [0.25, 0.3) is 0 Å². The summed E-state index contributed by atoms with van der Waals surface area (Å²) >= 11 is 1.77. The number of rotatable bonds is 7. The van der Waals surface area contributed by atoms with Crippen LogP contribution in [-0.2, 0) is 13.0 Å². The standard InChI is InChI=1S/C23H28N4O3S/c1-16-13-22(30-24-16)23(29)26-10-8-25(9-11-26)15-21(28)20-14-17(2)27(18(20)3)7-6-19-5-4-12-31-19/h4-5,12-14H,6-11,15H2,1-3H3. The van der Waals surface area contributed by atoms with Gasteiger partial charge in [-0.2, -0.15) is 0 Å². The van der Waals surface area contributed by atoms with Crippen LogP contribution in [0.2, 0.25) is 0 Å². The van der Waals surface area contributed by atoms with Crippen LogP contribution in [0.1, 0.15) is 42.9 Å². The third kappa shape index (κ3) is 4.80. The number of hydrogen-bond donors (Lipinski definition) is 0. The number of ketones is 1. The fourth-order valence-electron chi connectivity index (χ4n) is 4.12. The summed E-state index contributed by atoms with van der Waals surface area (Å²) in [5.74, 6) is 0.277. The van der Waals surface area contributed by atoms with E-state index in [1.807, 2.05) is 13.0 Å². The van der Waals surface area contributed by atoms with Crippen LogP contribution in [0, 0.1) is 20.8 Å². The van der Waals surface area contributed by atoms with Gasteiger partial charge in [0.25, 0.3) is 5.91 Å². The molecule has 1 aliphatic rings. The monoisotopic (exact) mass is 440 g/mol. The fourth-order valence-corrected chi connectivity index (χ4v) is 4.82. The zero-order valence-electron chi connectivity index (χ0n) is 18.3. The summed E-state index contributed by atoms with van der Waals surface area (Å²) in [6, 6.07) is 7.90. The first kappa shape index (κ1) is 21.5. The smallest absolute Gasteiger partial charge is 0.292 e. The second-order valence-corrected chi connectivity index (χ2v) is 9.12. The molecular formula is C23H28N4O3S. The number of piperazine rings is 1. The molecule has 0 radical (unpaired) electrons. The van der Waals surface area contributed by atoms with Crippen LogP contribution in [0.5, 0.6) is 0 Å². The topological polar surface area (TPSA) is 71.6 Å². The lowest BCUT2D eigenvalue weighted by Gasteiger charge is -2.33. The maximum absolute atomic E-state index is 13.0. The minimum atomic E-state index is -0.138. The van der Waals surface area contributed by atoms with E-state index in [0.29, 0.717) is 38.4 Å². The summed E-state index contributed by atoms with van der Waals surface area (Å²) in [6.45, 7) is 9.63. The van der Waals surface area contributed by atoms with E-state index in [1.165, 1.54) is 4.88 Å². The Morgan fingerprint density at radius 3 is 2.55 bits per heavy atom. The van der Waals surface area contributed by atoms with Gasteiger partial charge in [0.1, 0.15) is 0 Å². The second-order valence-electron chi connectivity index (χ2n) is 8.09. The lowest BCUT2D eigenvalue weighted by Crippen LogP contribution is -2.49.